The van der Waals surface area contributed by atoms with Gasteiger partial charge in [0.05, 0.1) is 5.25 Å². The van der Waals surface area contributed by atoms with Crippen LogP contribution in [0.5, 0.6) is 0 Å². The number of ketones is 1. The molecule has 1 unspecified atom stereocenters. The van der Waals surface area contributed by atoms with Gasteiger partial charge in [0.1, 0.15) is 5.78 Å². The lowest BCUT2D eigenvalue weighted by molar-refractivity contribution is -0.119. The third kappa shape index (κ3) is 4.05. The monoisotopic (exact) mass is 383 g/mol. The maximum atomic E-state index is 11.8. The molecule has 1 aliphatic carbocycles. The van der Waals surface area contributed by atoms with Crippen molar-refractivity contribution in [1.29, 1.82) is 0 Å². The van der Waals surface area contributed by atoms with E-state index in [4.69, 9.17) is 0 Å². The van der Waals surface area contributed by atoms with Crippen molar-refractivity contribution < 1.29 is 4.79 Å². The van der Waals surface area contributed by atoms with Crippen molar-refractivity contribution >= 4 is 55.6 Å². The minimum atomic E-state index is 0.0606. The maximum Gasteiger partial charge on any atom is 0.210 e. The highest BCUT2D eigenvalue weighted by Crippen LogP contribution is 2.35. The largest absolute Gasteiger partial charge is 0.330 e. The van der Waals surface area contributed by atoms with Gasteiger partial charge in [-0.3, -0.25) is 4.79 Å². The predicted octanol–water partition coefficient (Wildman–Crippen LogP) is 4.65. The van der Waals surface area contributed by atoms with E-state index in [1.807, 2.05) is 24.3 Å². The van der Waals surface area contributed by atoms with Crippen molar-refractivity contribution in [3.8, 4) is 0 Å². The van der Waals surface area contributed by atoms with Gasteiger partial charge in [0.25, 0.3) is 0 Å². The lowest BCUT2D eigenvalue weighted by atomic mass is 9.99. The normalized spacial score (nSPS) is 18.7. The van der Waals surface area contributed by atoms with Gasteiger partial charge in [0, 0.05) is 16.6 Å². The van der Waals surface area contributed by atoms with Gasteiger partial charge in [0.15, 0.2) is 4.34 Å². The fourth-order valence-electron chi connectivity index (χ4n) is 2.19. The number of carbonyl (C=O) groups excluding carboxylic acids is 1. The quantitative estimate of drug-likeness (QED) is 0.832. The Kier molecular flexibility index (Phi) is 4.92. The number of nitrogens with zero attached hydrogens (tertiary/aromatic N) is 2. The summed E-state index contributed by atoms with van der Waals surface area (Å²) in [4.78, 5) is 11.8. The molecule has 4 nitrogen and oxygen atoms in total. The molecule has 2 aromatic rings. The average Bonchev–Trinajstić information content (AvgIpc) is 2.89. The first-order valence-corrected chi connectivity index (χ1v) is 9.25. The van der Waals surface area contributed by atoms with Crippen LogP contribution in [0.15, 0.2) is 33.1 Å². The number of halogens is 1. The number of rotatable bonds is 4. The molecule has 0 radical (unpaired) electrons. The van der Waals surface area contributed by atoms with Crippen molar-refractivity contribution in [3.63, 3.8) is 0 Å². The minimum Gasteiger partial charge on any atom is -0.330 e. The number of hydrogen-bond acceptors (Lipinski definition) is 6. The average molecular weight is 384 g/mol. The second-order valence-corrected chi connectivity index (χ2v) is 8.17. The fourth-order valence-corrected chi connectivity index (χ4v) is 4.73. The Morgan fingerprint density at radius 1 is 1.33 bits per heavy atom. The number of Topliss-reactive ketones (excluding diaryl/α,β-unsaturated/α-hetero) is 1. The van der Waals surface area contributed by atoms with Crippen LogP contribution in [0.25, 0.3) is 0 Å². The van der Waals surface area contributed by atoms with Gasteiger partial charge < -0.3 is 5.32 Å². The van der Waals surface area contributed by atoms with Crippen LogP contribution >= 0.6 is 39.0 Å². The molecule has 1 aromatic heterocycles. The van der Waals surface area contributed by atoms with Crippen LogP contribution in [-0.2, 0) is 4.79 Å². The van der Waals surface area contributed by atoms with Gasteiger partial charge in [-0.1, -0.05) is 51.5 Å². The van der Waals surface area contributed by atoms with Crippen molar-refractivity contribution in [1.82, 2.24) is 10.2 Å². The van der Waals surface area contributed by atoms with Crippen molar-refractivity contribution in [2.45, 2.75) is 35.3 Å². The molecule has 21 heavy (non-hydrogen) atoms. The number of benzene rings is 1. The fraction of sp³-hybridized carbons (Fsp3) is 0.357. The van der Waals surface area contributed by atoms with Crippen LogP contribution in [0.4, 0.5) is 10.8 Å². The Morgan fingerprint density at radius 2 is 2.24 bits per heavy atom. The van der Waals surface area contributed by atoms with Gasteiger partial charge in [-0.25, -0.2) is 0 Å². The number of hydrogen-bond donors (Lipinski definition) is 1. The molecule has 0 aliphatic heterocycles. The van der Waals surface area contributed by atoms with Crippen molar-refractivity contribution in [3.05, 3.63) is 28.7 Å². The third-order valence-corrected chi connectivity index (χ3v) is 5.96. The zero-order chi connectivity index (χ0) is 14.7. The van der Waals surface area contributed by atoms with E-state index in [1.54, 1.807) is 11.8 Å². The molecule has 1 atom stereocenters. The highest BCUT2D eigenvalue weighted by molar-refractivity contribution is 9.10. The third-order valence-electron chi connectivity index (χ3n) is 3.22. The van der Waals surface area contributed by atoms with E-state index in [0.717, 1.165) is 38.9 Å². The summed E-state index contributed by atoms with van der Waals surface area (Å²) >= 11 is 6.48. The second kappa shape index (κ2) is 6.89. The summed E-state index contributed by atoms with van der Waals surface area (Å²) in [6.45, 7) is 0. The predicted molar refractivity (Wildman–Crippen MR) is 90.5 cm³/mol. The van der Waals surface area contributed by atoms with E-state index < -0.39 is 0 Å². The smallest absolute Gasteiger partial charge is 0.210 e. The summed E-state index contributed by atoms with van der Waals surface area (Å²) in [6, 6.07) is 7.90. The Labute approximate surface area is 139 Å². The SMILES string of the molecule is O=C1CCCCC1Sc1nnc(Nc2cccc(Br)c2)s1. The summed E-state index contributed by atoms with van der Waals surface area (Å²) in [7, 11) is 0. The summed E-state index contributed by atoms with van der Waals surface area (Å²) in [5.41, 5.74) is 0.964. The summed E-state index contributed by atoms with van der Waals surface area (Å²) in [5, 5.41) is 12.3. The maximum absolute atomic E-state index is 11.8. The van der Waals surface area contributed by atoms with E-state index >= 15 is 0 Å². The molecule has 1 fully saturated rings. The van der Waals surface area contributed by atoms with Crippen LogP contribution in [0.2, 0.25) is 0 Å². The van der Waals surface area contributed by atoms with E-state index in [9.17, 15) is 4.79 Å². The Hall–Kier alpha value is -0.920. The van der Waals surface area contributed by atoms with Gasteiger partial charge in [-0.05, 0) is 31.0 Å². The highest BCUT2D eigenvalue weighted by Gasteiger charge is 2.24. The van der Waals surface area contributed by atoms with Crippen LogP contribution in [0.1, 0.15) is 25.7 Å². The lowest BCUT2D eigenvalue weighted by Crippen LogP contribution is -2.21. The zero-order valence-corrected chi connectivity index (χ0v) is 14.4. The number of anilines is 2. The number of aromatic nitrogens is 2. The molecule has 1 N–H and O–H groups in total. The van der Waals surface area contributed by atoms with Gasteiger partial charge >= 0.3 is 0 Å². The van der Waals surface area contributed by atoms with Gasteiger partial charge in [-0.2, -0.15) is 0 Å². The lowest BCUT2D eigenvalue weighted by Gasteiger charge is -2.17. The van der Waals surface area contributed by atoms with Crippen LogP contribution < -0.4 is 5.32 Å². The summed E-state index contributed by atoms with van der Waals surface area (Å²) in [6.07, 6.45) is 3.82. The number of thioether (sulfide) groups is 1. The molecule has 110 valence electrons. The molecule has 3 rings (SSSR count). The van der Waals surface area contributed by atoms with Crippen LogP contribution in [-0.4, -0.2) is 21.2 Å². The molecule has 7 heteroatoms. The van der Waals surface area contributed by atoms with E-state index in [-0.39, 0.29) is 5.25 Å². The Balaban J connectivity index is 1.64. The molecular formula is C14H14BrN3OS2. The zero-order valence-electron chi connectivity index (χ0n) is 11.2. The standard InChI is InChI=1S/C14H14BrN3OS2/c15-9-4-3-5-10(8-9)16-13-17-18-14(21-13)20-12-7-2-1-6-11(12)19/h3-5,8,12H,1-2,6-7H2,(H,16,17). The molecule has 0 bridgehead atoms. The second-order valence-electron chi connectivity index (χ2n) is 4.83. The van der Waals surface area contributed by atoms with Gasteiger partial charge in [-0.15, -0.1) is 10.2 Å². The molecule has 0 spiro atoms. The van der Waals surface area contributed by atoms with E-state index in [2.05, 4.69) is 31.4 Å². The van der Waals surface area contributed by atoms with E-state index in [0.29, 0.717) is 12.2 Å². The topological polar surface area (TPSA) is 54.9 Å². The van der Waals surface area contributed by atoms with E-state index in [1.165, 1.54) is 11.3 Å². The van der Waals surface area contributed by atoms with Crippen molar-refractivity contribution in [2.75, 3.05) is 5.32 Å². The molecule has 1 saturated carbocycles. The molecule has 0 amide bonds. The van der Waals surface area contributed by atoms with Crippen molar-refractivity contribution in [2.24, 2.45) is 0 Å². The molecule has 1 aromatic carbocycles. The first-order chi connectivity index (χ1) is 10.2. The first-order valence-electron chi connectivity index (χ1n) is 6.76. The minimum absolute atomic E-state index is 0.0606. The Morgan fingerprint density at radius 3 is 3.05 bits per heavy atom. The molecule has 1 heterocycles. The highest BCUT2D eigenvalue weighted by atomic mass is 79.9. The number of nitrogens with one attached hydrogen (secondary N) is 1. The molecule has 1 aliphatic rings. The first kappa shape index (κ1) is 15.0. The van der Waals surface area contributed by atoms with Crippen LogP contribution in [0.3, 0.4) is 0 Å². The summed E-state index contributed by atoms with van der Waals surface area (Å²) < 4.78 is 1.87. The molecular weight excluding hydrogens is 370 g/mol. The summed E-state index contributed by atoms with van der Waals surface area (Å²) in [5.74, 6) is 0.350. The Bertz CT molecular complexity index is 647. The van der Waals surface area contributed by atoms with Crippen LogP contribution in [0, 0.1) is 0 Å². The number of carbonyl (C=O) groups is 1. The van der Waals surface area contributed by atoms with Gasteiger partial charge in [0.2, 0.25) is 5.13 Å². The molecule has 0 saturated heterocycles.